The molecule has 0 aliphatic carbocycles. The van der Waals surface area contributed by atoms with Gasteiger partial charge in [0.2, 0.25) is 0 Å². The predicted molar refractivity (Wildman–Crippen MR) is 41.4 cm³/mol. The zero-order chi connectivity index (χ0) is 9.42. The van der Waals surface area contributed by atoms with Crippen LogP contribution in [-0.2, 0) is 4.74 Å². The van der Waals surface area contributed by atoms with Crippen molar-refractivity contribution in [3.05, 3.63) is 0 Å². The highest BCUT2D eigenvalue weighted by molar-refractivity contribution is 5.71. The van der Waals surface area contributed by atoms with E-state index < -0.39 is 12.2 Å². The molecule has 0 aromatic rings. The first kappa shape index (κ1) is 8.15. The maximum absolute atomic E-state index is 10.8. The van der Waals surface area contributed by atoms with Crippen LogP contribution in [0.25, 0.3) is 0 Å². The second kappa shape index (κ2) is 2.79. The van der Waals surface area contributed by atoms with Gasteiger partial charge in [-0.05, 0) is 0 Å². The number of carboxylic acid groups (broad SMARTS) is 1. The van der Waals surface area contributed by atoms with E-state index in [0.717, 1.165) is 0 Å². The van der Waals surface area contributed by atoms with E-state index in [4.69, 9.17) is 9.84 Å². The highest BCUT2D eigenvalue weighted by Gasteiger charge is 2.39. The van der Waals surface area contributed by atoms with E-state index in [0.29, 0.717) is 19.5 Å². The molecule has 72 valence electrons. The molecule has 2 saturated heterocycles. The maximum atomic E-state index is 10.8. The maximum Gasteiger partial charge on any atom is 0.407 e. The van der Waals surface area contributed by atoms with Crippen molar-refractivity contribution in [3.8, 4) is 0 Å². The van der Waals surface area contributed by atoms with Crippen molar-refractivity contribution in [2.24, 2.45) is 0 Å². The van der Waals surface area contributed by atoms with Gasteiger partial charge in [0.15, 0.2) is 0 Å². The first-order valence-corrected chi connectivity index (χ1v) is 4.12. The van der Waals surface area contributed by atoms with Crippen LogP contribution in [0.3, 0.4) is 0 Å². The third-order valence-electron chi connectivity index (χ3n) is 2.38. The molecule has 0 radical (unpaired) electrons. The van der Waals surface area contributed by atoms with Gasteiger partial charge in [0.05, 0.1) is 6.04 Å². The van der Waals surface area contributed by atoms with Crippen molar-refractivity contribution in [2.45, 2.75) is 18.6 Å². The first-order chi connectivity index (χ1) is 6.16. The molecule has 0 aromatic heterocycles. The van der Waals surface area contributed by atoms with Gasteiger partial charge in [0, 0.05) is 19.5 Å². The number of fused-ring (bicyclic) bond motifs is 1. The number of piperidine rings is 1. The SMILES string of the molecule is O=C1NC2CN(C(=O)O)CCC2O1. The van der Waals surface area contributed by atoms with Gasteiger partial charge in [-0.3, -0.25) is 0 Å². The number of carbonyl (C=O) groups excluding carboxylic acids is 1. The molecule has 2 fully saturated rings. The van der Waals surface area contributed by atoms with E-state index in [1.807, 2.05) is 0 Å². The van der Waals surface area contributed by atoms with Crippen molar-refractivity contribution in [2.75, 3.05) is 13.1 Å². The van der Waals surface area contributed by atoms with Gasteiger partial charge in [-0.25, -0.2) is 9.59 Å². The molecule has 0 bridgehead atoms. The molecule has 0 aromatic carbocycles. The monoisotopic (exact) mass is 186 g/mol. The largest absolute Gasteiger partial charge is 0.465 e. The van der Waals surface area contributed by atoms with Crippen molar-refractivity contribution in [1.82, 2.24) is 10.2 Å². The third-order valence-corrected chi connectivity index (χ3v) is 2.38. The van der Waals surface area contributed by atoms with Gasteiger partial charge in [-0.2, -0.15) is 0 Å². The smallest absolute Gasteiger partial charge is 0.407 e. The number of carbonyl (C=O) groups is 2. The van der Waals surface area contributed by atoms with Gasteiger partial charge < -0.3 is 20.1 Å². The number of nitrogens with zero attached hydrogens (tertiary/aromatic N) is 1. The summed E-state index contributed by atoms with van der Waals surface area (Å²) in [5.41, 5.74) is 0. The van der Waals surface area contributed by atoms with Crippen LogP contribution < -0.4 is 5.32 Å². The Hall–Kier alpha value is -1.46. The van der Waals surface area contributed by atoms with Crippen molar-refractivity contribution >= 4 is 12.2 Å². The Morgan fingerprint density at radius 3 is 3.15 bits per heavy atom. The van der Waals surface area contributed by atoms with Crippen molar-refractivity contribution in [3.63, 3.8) is 0 Å². The van der Waals surface area contributed by atoms with Gasteiger partial charge >= 0.3 is 12.2 Å². The second-order valence-electron chi connectivity index (χ2n) is 3.21. The fourth-order valence-corrected chi connectivity index (χ4v) is 1.71. The lowest BCUT2D eigenvalue weighted by molar-refractivity contribution is 0.0762. The lowest BCUT2D eigenvalue weighted by Gasteiger charge is -2.30. The molecule has 0 saturated carbocycles. The van der Waals surface area contributed by atoms with E-state index in [1.165, 1.54) is 4.90 Å². The highest BCUT2D eigenvalue weighted by Crippen LogP contribution is 2.19. The number of rotatable bonds is 0. The van der Waals surface area contributed by atoms with Gasteiger partial charge in [-0.15, -0.1) is 0 Å². The topological polar surface area (TPSA) is 78.9 Å². The molecule has 2 atom stereocenters. The minimum Gasteiger partial charge on any atom is -0.465 e. The lowest BCUT2D eigenvalue weighted by atomic mass is 10.0. The Morgan fingerprint density at radius 2 is 2.46 bits per heavy atom. The van der Waals surface area contributed by atoms with Crippen LogP contribution in [0.4, 0.5) is 9.59 Å². The number of alkyl carbamates (subject to hydrolysis) is 1. The molecule has 2 aliphatic rings. The molecule has 2 N–H and O–H groups in total. The molecule has 2 rings (SSSR count). The van der Waals surface area contributed by atoms with E-state index >= 15 is 0 Å². The van der Waals surface area contributed by atoms with Crippen LogP contribution in [-0.4, -0.2) is 47.4 Å². The second-order valence-corrected chi connectivity index (χ2v) is 3.21. The summed E-state index contributed by atoms with van der Waals surface area (Å²) in [7, 11) is 0. The van der Waals surface area contributed by atoms with Gasteiger partial charge in [0.25, 0.3) is 0 Å². The van der Waals surface area contributed by atoms with Crippen molar-refractivity contribution in [1.29, 1.82) is 0 Å². The Kier molecular flexibility index (Phi) is 1.75. The Balaban J connectivity index is 2.01. The summed E-state index contributed by atoms with van der Waals surface area (Å²) >= 11 is 0. The minimum atomic E-state index is -0.945. The molecule has 2 aliphatic heterocycles. The van der Waals surface area contributed by atoms with E-state index in [1.54, 1.807) is 0 Å². The fraction of sp³-hybridized carbons (Fsp3) is 0.714. The Morgan fingerprint density at radius 1 is 1.69 bits per heavy atom. The number of hydrogen-bond donors (Lipinski definition) is 2. The average molecular weight is 186 g/mol. The molecule has 2 amide bonds. The molecule has 13 heavy (non-hydrogen) atoms. The summed E-state index contributed by atoms with van der Waals surface area (Å²) in [6, 6.07) is -0.169. The number of ether oxygens (including phenoxy) is 1. The quantitative estimate of drug-likeness (QED) is 0.551. The van der Waals surface area contributed by atoms with Gasteiger partial charge in [0.1, 0.15) is 6.10 Å². The standard InChI is InChI=1S/C7H10N2O4/c10-6-8-4-3-9(7(11)12)2-1-5(4)13-6/h4-5H,1-3H2,(H,8,10)(H,11,12). The van der Waals surface area contributed by atoms with Gasteiger partial charge in [-0.1, -0.05) is 0 Å². The van der Waals surface area contributed by atoms with Crippen molar-refractivity contribution < 1.29 is 19.4 Å². The predicted octanol–water partition coefficient (Wildman–Crippen LogP) is -0.153. The minimum absolute atomic E-state index is 0.150. The number of amides is 2. The highest BCUT2D eigenvalue weighted by atomic mass is 16.6. The zero-order valence-corrected chi connectivity index (χ0v) is 6.90. The van der Waals surface area contributed by atoms with E-state index in [-0.39, 0.29) is 12.1 Å². The molecular formula is C7H10N2O4. The van der Waals surface area contributed by atoms with Crippen LogP contribution in [0.2, 0.25) is 0 Å². The lowest BCUT2D eigenvalue weighted by Crippen LogP contribution is -2.50. The molecule has 2 unspecified atom stereocenters. The summed E-state index contributed by atoms with van der Waals surface area (Å²) < 4.78 is 4.92. The van der Waals surface area contributed by atoms with E-state index in [2.05, 4.69) is 5.32 Å². The Bertz CT molecular complexity index is 255. The van der Waals surface area contributed by atoms with E-state index in [9.17, 15) is 9.59 Å². The number of likely N-dealkylation sites (tertiary alicyclic amines) is 1. The summed E-state index contributed by atoms with van der Waals surface area (Å²) in [5.74, 6) is 0. The van der Waals surface area contributed by atoms with Crippen LogP contribution in [0.5, 0.6) is 0 Å². The molecule has 2 heterocycles. The van der Waals surface area contributed by atoms with Crippen LogP contribution in [0, 0.1) is 0 Å². The number of hydrogen-bond acceptors (Lipinski definition) is 3. The zero-order valence-electron chi connectivity index (χ0n) is 6.90. The summed E-state index contributed by atoms with van der Waals surface area (Å²) in [4.78, 5) is 22.7. The summed E-state index contributed by atoms with van der Waals surface area (Å²) in [6.07, 6.45) is -0.958. The molecule has 0 spiro atoms. The van der Waals surface area contributed by atoms with Crippen LogP contribution in [0.15, 0.2) is 0 Å². The normalized spacial score (nSPS) is 32.0. The summed E-state index contributed by atoms with van der Waals surface area (Å²) in [6.45, 7) is 0.761. The third kappa shape index (κ3) is 1.39. The Labute approximate surface area is 74.5 Å². The van der Waals surface area contributed by atoms with Crippen LogP contribution >= 0.6 is 0 Å². The molecule has 6 nitrogen and oxygen atoms in total. The molecular weight excluding hydrogens is 176 g/mol. The first-order valence-electron chi connectivity index (χ1n) is 4.12. The molecule has 6 heteroatoms. The van der Waals surface area contributed by atoms with Crippen LogP contribution in [0.1, 0.15) is 6.42 Å². The number of nitrogens with one attached hydrogen (secondary N) is 1. The average Bonchev–Trinajstić information content (AvgIpc) is 2.42. The fourth-order valence-electron chi connectivity index (χ4n) is 1.71. The summed E-state index contributed by atoms with van der Waals surface area (Å²) in [5, 5.41) is 11.3.